The van der Waals surface area contributed by atoms with Gasteiger partial charge in [-0.25, -0.2) is 12.7 Å². The first-order valence-electron chi connectivity index (χ1n) is 8.67. The van der Waals surface area contributed by atoms with Gasteiger partial charge in [-0.15, -0.1) is 23.5 Å². The summed E-state index contributed by atoms with van der Waals surface area (Å²) in [7, 11) is -3.83. The average Bonchev–Trinajstić information content (AvgIpc) is 2.99. The van der Waals surface area contributed by atoms with Gasteiger partial charge < -0.3 is 0 Å². The number of thioether (sulfide) groups is 2. The number of fused-ring (bicyclic) bond motifs is 1. The smallest absolute Gasteiger partial charge is 0.258 e. The van der Waals surface area contributed by atoms with Crippen LogP contribution in [0.1, 0.15) is 35.9 Å². The second-order valence-corrected chi connectivity index (χ2v) is 10.8. The molecular weight excluding hydrogens is 352 g/mol. The Morgan fingerprint density at radius 2 is 2.04 bits per heavy atom. The molecule has 3 rings (SSSR count). The predicted molar refractivity (Wildman–Crippen MR) is 97.3 cm³/mol. The third kappa shape index (κ3) is 2.39. The van der Waals surface area contributed by atoms with Crippen LogP contribution in [0.4, 0.5) is 0 Å². The Bertz CT molecular complexity index is 732. The zero-order valence-corrected chi connectivity index (χ0v) is 16.3. The molecule has 1 saturated heterocycles. The predicted octanol–water partition coefficient (Wildman–Crippen LogP) is 2.44. The molecule has 3 fully saturated rings. The fourth-order valence-corrected chi connectivity index (χ4v) is 8.28. The molecule has 0 aromatic rings. The molecule has 3 unspecified atom stereocenters. The van der Waals surface area contributed by atoms with Gasteiger partial charge in [-0.1, -0.05) is 13.8 Å². The van der Waals surface area contributed by atoms with E-state index in [-0.39, 0.29) is 11.2 Å². The van der Waals surface area contributed by atoms with Crippen molar-refractivity contribution in [3.8, 4) is 0 Å². The second kappa shape index (κ2) is 5.66. The fraction of sp³-hybridized carbons (Fsp3) is 0.867. The minimum Gasteiger partial charge on any atom is -0.272 e. The molecule has 1 aliphatic heterocycles. The Morgan fingerprint density at radius 3 is 2.61 bits per heavy atom. The lowest BCUT2D eigenvalue weighted by Crippen LogP contribution is -2.45. The largest absolute Gasteiger partial charge is 0.272 e. The summed E-state index contributed by atoms with van der Waals surface area (Å²) in [4.78, 5) is 16.8. The van der Waals surface area contributed by atoms with Gasteiger partial charge in [0, 0.05) is 5.41 Å². The Balaban J connectivity index is 2.01. The molecule has 3 atom stereocenters. The summed E-state index contributed by atoms with van der Waals surface area (Å²) in [6, 6.07) is -0.434. The summed E-state index contributed by atoms with van der Waals surface area (Å²) in [5.74, 6) is -0.721. The van der Waals surface area contributed by atoms with Crippen LogP contribution < -0.4 is 0 Å². The SMILES string of the molecule is [2H]C([2H])(N=C(SC)SC)C(=O)N1C2CC3CCC2(CS1(=O)=O)C3(C)C. The molecular formula is C15H24N2O3S3. The maximum absolute atomic E-state index is 12.9. The van der Waals surface area contributed by atoms with Gasteiger partial charge in [0.1, 0.15) is 10.9 Å². The molecule has 1 heterocycles. The van der Waals surface area contributed by atoms with Crippen LogP contribution in [0.5, 0.6) is 0 Å². The number of nitrogens with zero attached hydrogens (tertiary/aromatic N) is 2. The van der Waals surface area contributed by atoms with Crippen molar-refractivity contribution in [2.75, 3.05) is 24.8 Å². The summed E-state index contributed by atoms with van der Waals surface area (Å²) in [6.45, 7) is 1.62. The highest BCUT2D eigenvalue weighted by Crippen LogP contribution is 2.69. The third-order valence-corrected chi connectivity index (χ3v) is 9.98. The number of hydrogen-bond acceptors (Lipinski definition) is 6. The maximum atomic E-state index is 12.9. The third-order valence-electron chi connectivity index (χ3n) is 6.20. The van der Waals surface area contributed by atoms with E-state index in [0.29, 0.717) is 16.7 Å². The lowest BCUT2D eigenvalue weighted by atomic mass is 9.69. The highest BCUT2D eigenvalue weighted by atomic mass is 32.2. The maximum Gasteiger partial charge on any atom is 0.258 e. The van der Waals surface area contributed by atoms with Gasteiger partial charge in [0.05, 0.1) is 14.5 Å². The minimum absolute atomic E-state index is 0.0579. The molecule has 0 aromatic heterocycles. The van der Waals surface area contributed by atoms with Crippen LogP contribution in [0, 0.1) is 16.7 Å². The molecule has 130 valence electrons. The van der Waals surface area contributed by atoms with Gasteiger partial charge in [0.2, 0.25) is 10.0 Å². The standard InChI is InChI=1S/C15H24N2O3S3/c1-14(2)10-5-6-15(14)9-23(19,20)17(11(15)7-10)12(18)8-16-13(21-3)22-4/h10-11H,5-9H2,1-4H3/i8D2. The van der Waals surface area contributed by atoms with Crippen LogP contribution in [-0.2, 0) is 14.8 Å². The molecule has 0 aromatic carbocycles. The number of hydrogen-bond donors (Lipinski definition) is 0. The number of amides is 1. The molecule has 0 N–H and O–H groups in total. The molecule has 3 aliphatic rings. The summed E-state index contributed by atoms with van der Waals surface area (Å²) >= 11 is 2.48. The Kier molecular flexibility index (Phi) is 3.71. The molecule has 8 heteroatoms. The normalized spacial score (nSPS) is 38.0. The van der Waals surface area contributed by atoms with E-state index < -0.39 is 33.9 Å². The van der Waals surface area contributed by atoms with Crippen molar-refractivity contribution in [1.29, 1.82) is 0 Å². The lowest BCUT2D eigenvalue weighted by Gasteiger charge is -2.37. The zero-order valence-electron chi connectivity index (χ0n) is 15.8. The number of carbonyl (C=O) groups excluding carboxylic acids is 1. The topological polar surface area (TPSA) is 66.8 Å². The molecule has 2 saturated carbocycles. The van der Waals surface area contributed by atoms with Crippen LogP contribution in [0.25, 0.3) is 0 Å². The molecule has 1 spiro atoms. The van der Waals surface area contributed by atoms with E-state index in [9.17, 15) is 13.2 Å². The number of aliphatic imine (C=N–C) groups is 1. The second-order valence-electron chi connectivity index (χ2n) is 7.12. The molecule has 0 radical (unpaired) electrons. The van der Waals surface area contributed by atoms with Crippen molar-refractivity contribution in [3.05, 3.63) is 0 Å². The van der Waals surface area contributed by atoms with Crippen molar-refractivity contribution in [3.63, 3.8) is 0 Å². The van der Waals surface area contributed by atoms with Crippen molar-refractivity contribution in [2.24, 2.45) is 21.7 Å². The number of carbonyl (C=O) groups is 1. The van der Waals surface area contributed by atoms with E-state index >= 15 is 0 Å². The van der Waals surface area contributed by atoms with Crippen LogP contribution in [0.15, 0.2) is 4.99 Å². The molecule has 2 aliphatic carbocycles. The van der Waals surface area contributed by atoms with Crippen molar-refractivity contribution in [1.82, 2.24) is 4.31 Å². The van der Waals surface area contributed by atoms with Crippen LogP contribution in [0.3, 0.4) is 0 Å². The van der Waals surface area contributed by atoms with E-state index in [2.05, 4.69) is 18.8 Å². The first kappa shape index (κ1) is 15.1. The van der Waals surface area contributed by atoms with E-state index in [1.165, 1.54) is 23.5 Å². The van der Waals surface area contributed by atoms with E-state index in [0.717, 1.165) is 17.1 Å². The van der Waals surface area contributed by atoms with Crippen molar-refractivity contribution in [2.45, 2.75) is 39.2 Å². The van der Waals surface area contributed by atoms with Gasteiger partial charge in [-0.2, -0.15) is 0 Å². The molecule has 23 heavy (non-hydrogen) atoms. The first-order valence-corrected chi connectivity index (χ1v) is 11.7. The highest BCUT2D eigenvalue weighted by molar-refractivity contribution is 8.38. The number of rotatable bonds is 2. The van der Waals surface area contributed by atoms with E-state index in [1.807, 2.05) is 0 Å². The van der Waals surface area contributed by atoms with E-state index in [4.69, 9.17) is 2.74 Å². The minimum atomic E-state index is -3.83. The summed E-state index contributed by atoms with van der Waals surface area (Å²) in [5, 5.41) is 0. The Morgan fingerprint density at radius 1 is 1.39 bits per heavy atom. The summed E-state index contributed by atoms with van der Waals surface area (Å²) in [6.07, 6.45) is 5.89. The lowest BCUT2D eigenvalue weighted by molar-refractivity contribution is -0.127. The summed E-state index contributed by atoms with van der Waals surface area (Å²) < 4.78 is 43.1. The quantitative estimate of drug-likeness (QED) is 0.545. The van der Waals surface area contributed by atoms with E-state index in [1.54, 1.807) is 12.5 Å². The summed E-state index contributed by atoms with van der Waals surface area (Å²) in [5.41, 5.74) is -0.604. The zero-order chi connectivity index (χ0) is 18.8. The fourth-order valence-electron chi connectivity index (χ4n) is 4.87. The van der Waals surface area contributed by atoms with Gasteiger partial charge in [-0.3, -0.25) is 9.79 Å². The first-order chi connectivity index (χ1) is 11.4. The average molecular weight is 379 g/mol. The highest BCUT2D eigenvalue weighted by Gasteiger charge is 2.72. The van der Waals surface area contributed by atoms with Crippen LogP contribution >= 0.6 is 23.5 Å². The molecule has 1 amide bonds. The van der Waals surface area contributed by atoms with Gasteiger partial charge in [-0.05, 0) is 43.1 Å². The molecule has 2 bridgehead atoms. The Hall–Kier alpha value is -0.210. The van der Waals surface area contributed by atoms with Crippen molar-refractivity contribution >= 4 is 43.8 Å². The van der Waals surface area contributed by atoms with Gasteiger partial charge in [0.25, 0.3) is 5.91 Å². The Labute approximate surface area is 149 Å². The van der Waals surface area contributed by atoms with Crippen LogP contribution in [0.2, 0.25) is 0 Å². The number of sulfonamides is 1. The van der Waals surface area contributed by atoms with Gasteiger partial charge >= 0.3 is 0 Å². The van der Waals surface area contributed by atoms with Gasteiger partial charge in [0.15, 0.2) is 0 Å². The monoisotopic (exact) mass is 378 g/mol. The van der Waals surface area contributed by atoms with Crippen LogP contribution in [-0.4, -0.2) is 53.8 Å². The van der Waals surface area contributed by atoms with Crippen molar-refractivity contribution < 1.29 is 16.0 Å². The molecule has 5 nitrogen and oxygen atoms in total.